The van der Waals surface area contributed by atoms with Crippen LogP contribution in [0.5, 0.6) is 0 Å². The van der Waals surface area contributed by atoms with Crippen LogP contribution in [0.1, 0.15) is 16.1 Å². The number of thiazole rings is 1. The molecule has 138 valence electrons. The summed E-state index contributed by atoms with van der Waals surface area (Å²) in [5.41, 5.74) is 2.56. The summed E-state index contributed by atoms with van der Waals surface area (Å²) in [6, 6.07) is 8.13. The zero-order valence-corrected chi connectivity index (χ0v) is 15.4. The molecule has 1 fully saturated rings. The van der Waals surface area contributed by atoms with Crippen molar-refractivity contribution in [1.82, 2.24) is 19.3 Å². The van der Waals surface area contributed by atoms with E-state index >= 15 is 0 Å². The van der Waals surface area contributed by atoms with Gasteiger partial charge >= 0.3 is 0 Å². The fourth-order valence-corrected chi connectivity index (χ4v) is 4.48. The van der Waals surface area contributed by atoms with Crippen LogP contribution in [0.25, 0.3) is 0 Å². The minimum Gasteiger partial charge on any atom is -0.354 e. The second-order valence-corrected chi connectivity index (χ2v) is 8.21. The number of benzene rings is 1. The standard InChI is InChI=1S/C16H18N4O4S2/c21-15-9-20(7-6-17-15)26(23,24)19-13(8-12-4-2-1-3-5-12)16(22)14-10-25-11-18-14/h1-5,10-11,13,19H,6-9H2,(H,17,21)/t13-/m0/s1. The Balaban J connectivity index is 1.82. The number of carbonyl (C=O) groups is 2. The van der Waals surface area contributed by atoms with Crippen molar-refractivity contribution in [1.29, 1.82) is 0 Å². The van der Waals surface area contributed by atoms with Gasteiger partial charge in [-0.15, -0.1) is 11.3 Å². The smallest absolute Gasteiger partial charge is 0.280 e. The number of carbonyl (C=O) groups excluding carboxylic acids is 2. The molecule has 1 saturated heterocycles. The molecule has 0 unspecified atom stereocenters. The zero-order chi connectivity index (χ0) is 18.6. The lowest BCUT2D eigenvalue weighted by Gasteiger charge is -2.28. The molecule has 8 nitrogen and oxygen atoms in total. The lowest BCUT2D eigenvalue weighted by Crippen LogP contribution is -2.56. The summed E-state index contributed by atoms with van der Waals surface area (Å²) in [7, 11) is -3.99. The Morgan fingerprint density at radius 3 is 2.77 bits per heavy atom. The van der Waals surface area contributed by atoms with Gasteiger partial charge in [0, 0.05) is 18.5 Å². The summed E-state index contributed by atoms with van der Waals surface area (Å²) in [6.07, 6.45) is 0.191. The van der Waals surface area contributed by atoms with Gasteiger partial charge in [-0.2, -0.15) is 17.4 Å². The monoisotopic (exact) mass is 394 g/mol. The van der Waals surface area contributed by atoms with Crippen LogP contribution in [0.3, 0.4) is 0 Å². The Morgan fingerprint density at radius 1 is 1.35 bits per heavy atom. The Labute approximate surface area is 155 Å². The molecular weight excluding hydrogens is 376 g/mol. The van der Waals surface area contributed by atoms with Gasteiger partial charge in [-0.05, 0) is 12.0 Å². The third kappa shape index (κ3) is 4.52. The molecule has 26 heavy (non-hydrogen) atoms. The van der Waals surface area contributed by atoms with Gasteiger partial charge < -0.3 is 5.32 Å². The maximum Gasteiger partial charge on any atom is 0.280 e. The highest BCUT2D eigenvalue weighted by molar-refractivity contribution is 7.87. The maximum absolute atomic E-state index is 12.8. The van der Waals surface area contributed by atoms with Crippen molar-refractivity contribution in [2.75, 3.05) is 19.6 Å². The van der Waals surface area contributed by atoms with Gasteiger partial charge in [-0.1, -0.05) is 30.3 Å². The molecule has 0 aliphatic carbocycles. The van der Waals surface area contributed by atoms with E-state index < -0.39 is 22.0 Å². The van der Waals surface area contributed by atoms with E-state index in [0.717, 1.165) is 9.87 Å². The largest absolute Gasteiger partial charge is 0.354 e. The number of piperazine rings is 1. The quantitative estimate of drug-likeness (QED) is 0.653. The van der Waals surface area contributed by atoms with E-state index in [4.69, 9.17) is 0 Å². The van der Waals surface area contributed by atoms with Gasteiger partial charge in [0.15, 0.2) is 5.78 Å². The van der Waals surface area contributed by atoms with Crippen LogP contribution in [0, 0.1) is 0 Å². The molecule has 0 spiro atoms. The van der Waals surface area contributed by atoms with Crippen LogP contribution in [-0.4, -0.2) is 55.1 Å². The molecule has 0 bridgehead atoms. The summed E-state index contributed by atoms with van der Waals surface area (Å²) in [6.45, 7) is 0.130. The first-order valence-electron chi connectivity index (χ1n) is 7.96. The van der Waals surface area contributed by atoms with Crippen molar-refractivity contribution >= 4 is 33.2 Å². The van der Waals surface area contributed by atoms with Gasteiger partial charge in [0.25, 0.3) is 10.2 Å². The number of nitrogens with zero attached hydrogens (tertiary/aromatic N) is 2. The molecule has 2 aromatic rings. The molecule has 1 atom stereocenters. The number of amides is 1. The lowest BCUT2D eigenvalue weighted by molar-refractivity contribution is -0.122. The molecule has 1 aromatic carbocycles. The Morgan fingerprint density at radius 2 is 2.12 bits per heavy atom. The first-order chi connectivity index (χ1) is 12.5. The van der Waals surface area contributed by atoms with Crippen molar-refractivity contribution < 1.29 is 18.0 Å². The molecule has 10 heteroatoms. The van der Waals surface area contributed by atoms with Gasteiger partial charge in [0.05, 0.1) is 18.1 Å². The first-order valence-corrected chi connectivity index (χ1v) is 10.3. The number of nitrogens with one attached hydrogen (secondary N) is 2. The van der Waals surface area contributed by atoms with Gasteiger partial charge in [-0.3, -0.25) is 9.59 Å². The van der Waals surface area contributed by atoms with Gasteiger partial charge in [-0.25, -0.2) is 4.98 Å². The van der Waals surface area contributed by atoms with E-state index in [-0.39, 0.29) is 37.7 Å². The fraction of sp³-hybridized carbons (Fsp3) is 0.312. The molecule has 0 radical (unpaired) electrons. The van der Waals surface area contributed by atoms with E-state index in [9.17, 15) is 18.0 Å². The van der Waals surface area contributed by atoms with Crippen molar-refractivity contribution in [2.24, 2.45) is 0 Å². The SMILES string of the molecule is O=C1CN(S(=O)(=O)N[C@@H](Cc2ccccc2)C(=O)c2cscn2)CCN1. The molecule has 1 aromatic heterocycles. The zero-order valence-electron chi connectivity index (χ0n) is 13.8. The molecule has 1 aliphatic rings. The third-order valence-corrected chi connectivity index (χ3v) is 6.08. The maximum atomic E-state index is 12.8. The Hall–Kier alpha value is -2.14. The average Bonchev–Trinajstić information content (AvgIpc) is 3.16. The van der Waals surface area contributed by atoms with Crippen LogP contribution in [0.15, 0.2) is 41.2 Å². The number of rotatable bonds is 7. The lowest BCUT2D eigenvalue weighted by atomic mass is 10.0. The van der Waals surface area contributed by atoms with Gasteiger partial charge in [0.2, 0.25) is 5.91 Å². The Kier molecular flexibility index (Phi) is 5.77. The average molecular weight is 394 g/mol. The summed E-state index contributed by atoms with van der Waals surface area (Å²) >= 11 is 1.27. The highest BCUT2D eigenvalue weighted by atomic mass is 32.2. The third-order valence-electron chi connectivity index (χ3n) is 3.92. The van der Waals surface area contributed by atoms with Crippen LogP contribution >= 0.6 is 11.3 Å². The molecule has 3 rings (SSSR count). The predicted octanol–water partition coefficient (Wildman–Crippen LogP) is 0.203. The fourth-order valence-electron chi connectivity index (χ4n) is 2.63. The van der Waals surface area contributed by atoms with E-state index in [1.807, 2.05) is 30.3 Å². The molecule has 1 amide bonds. The topological polar surface area (TPSA) is 108 Å². The second kappa shape index (κ2) is 8.04. The summed E-state index contributed by atoms with van der Waals surface area (Å²) < 4.78 is 28.8. The van der Waals surface area contributed by atoms with Crippen LogP contribution < -0.4 is 10.0 Å². The highest BCUT2D eigenvalue weighted by Gasteiger charge is 2.33. The summed E-state index contributed by atoms with van der Waals surface area (Å²) in [4.78, 5) is 28.2. The summed E-state index contributed by atoms with van der Waals surface area (Å²) in [5.74, 6) is -0.771. The second-order valence-electron chi connectivity index (χ2n) is 5.79. The highest BCUT2D eigenvalue weighted by Crippen LogP contribution is 2.12. The van der Waals surface area contributed by atoms with Crippen molar-refractivity contribution in [3.63, 3.8) is 0 Å². The van der Waals surface area contributed by atoms with E-state index in [0.29, 0.717) is 0 Å². The molecule has 0 saturated carbocycles. The molecule has 2 N–H and O–H groups in total. The first kappa shape index (κ1) is 18.6. The number of aromatic nitrogens is 1. The van der Waals surface area contributed by atoms with Crippen LogP contribution in [-0.2, 0) is 21.4 Å². The molecular formula is C16H18N4O4S2. The van der Waals surface area contributed by atoms with E-state index in [1.54, 1.807) is 5.38 Å². The van der Waals surface area contributed by atoms with Crippen molar-refractivity contribution in [2.45, 2.75) is 12.5 Å². The van der Waals surface area contributed by atoms with E-state index in [1.165, 1.54) is 16.8 Å². The minimum absolute atomic E-state index is 0.157. The number of ketones is 1. The van der Waals surface area contributed by atoms with Crippen LogP contribution in [0.2, 0.25) is 0 Å². The van der Waals surface area contributed by atoms with Crippen molar-refractivity contribution in [3.05, 3.63) is 52.5 Å². The predicted molar refractivity (Wildman–Crippen MR) is 97.0 cm³/mol. The molecule has 2 heterocycles. The summed E-state index contributed by atoms with van der Waals surface area (Å²) in [5, 5.41) is 4.16. The normalized spacial score (nSPS) is 16.8. The minimum atomic E-state index is -3.99. The number of hydrogen-bond donors (Lipinski definition) is 2. The molecule has 1 aliphatic heterocycles. The van der Waals surface area contributed by atoms with Crippen molar-refractivity contribution in [3.8, 4) is 0 Å². The van der Waals surface area contributed by atoms with Gasteiger partial charge in [0.1, 0.15) is 5.69 Å². The number of hydrogen-bond acceptors (Lipinski definition) is 6. The number of Topliss-reactive ketones (excluding diaryl/α,β-unsaturated/α-hetero) is 1. The van der Waals surface area contributed by atoms with E-state index in [2.05, 4.69) is 15.0 Å². The Bertz CT molecular complexity index is 869. The van der Waals surface area contributed by atoms with Crippen LogP contribution in [0.4, 0.5) is 0 Å².